The Morgan fingerprint density at radius 1 is 1.25 bits per heavy atom. The Hall–Kier alpha value is -2.02. The minimum atomic E-state index is 0.304. The van der Waals surface area contributed by atoms with Crippen LogP contribution in [0.4, 0.5) is 0 Å². The van der Waals surface area contributed by atoms with Gasteiger partial charge in [0.25, 0.3) is 5.22 Å². The summed E-state index contributed by atoms with van der Waals surface area (Å²) in [6.07, 6.45) is 1.29. The molecule has 20 heavy (non-hydrogen) atoms. The molecule has 6 nitrogen and oxygen atoms in total. The first kappa shape index (κ1) is 14.4. The quantitative estimate of drug-likeness (QED) is 0.571. The molecule has 0 radical (unpaired) electrons. The van der Waals surface area contributed by atoms with Crippen LogP contribution in [0.2, 0.25) is 0 Å². The summed E-state index contributed by atoms with van der Waals surface area (Å²) < 4.78 is 15.8. The first-order valence-electron chi connectivity index (χ1n) is 5.86. The molecule has 0 fully saturated rings. The number of benzene rings is 1. The van der Waals surface area contributed by atoms with E-state index in [1.165, 1.54) is 11.8 Å². The van der Waals surface area contributed by atoms with Gasteiger partial charge in [-0.25, -0.2) is 0 Å². The van der Waals surface area contributed by atoms with Crippen molar-refractivity contribution in [3.63, 3.8) is 0 Å². The molecule has 0 amide bonds. The fourth-order valence-corrected chi connectivity index (χ4v) is 2.10. The lowest BCUT2D eigenvalue weighted by Gasteiger charge is -2.08. The molecule has 0 bridgehead atoms. The number of nitrogens with zero attached hydrogens (tertiary/aromatic N) is 2. The number of ether oxygens (including phenoxy) is 2. The number of carbonyl (C=O) groups is 1. The normalized spacial score (nSPS) is 10.3. The third kappa shape index (κ3) is 3.51. The van der Waals surface area contributed by atoms with Crippen LogP contribution in [0.3, 0.4) is 0 Å². The van der Waals surface area contributed by atoms with Gasteiger partial charge in [0.15, 0.2) is 11.5 Å². The van der Waals surface area contributed by atoms with Gasteiger partial charge in [0.1, 0.15) is 6.29 Å². The molecule has 1 heterocycles. The lowest BCUT2D eigenvalue weighted by molar-refractivity contribution is -0.105. The molecule has 0 unspecified atom stereocenters. The molecule has 0 saturated heterocycles. The van der Waals surface area contributed by atoms with E-state index in [0.29, 0.717) is 34.8 Å². The van der Waals surface area contributed by atoms with Gasteiger partial charge in [0, 0.05) is 0 Å². The average molecular weight is 294 g/mol. The number of hydrogen-bond acceptors (Lipinski definition) is 7. The highest BCUT2D eigenvalue weighted by atomic mass is 32.2. The molecular weight excluding hydrogens is 280 g/mol. The van der Waals surface area contributed by atoms with Crippen molar-refractivity contribution in [2.75, 3.05) is 20.0 Å². The van der Waals surface area contributed by atoms with Crippen molar-refractivity contribution in [2.24, 2.45) is 0 Å². The Morgan fingerprint density at radius 3 is 2.75 bits per heavy atom. The van der Waals surface area contributed by atoms with Crippen molar-refractivity contribution in [1.82, 2.24) is 10.2 Å². The Kier molecular flexibility index (Phi) is 5.00. The van der Waals surface area contributed by atoms with Crippen LogP contribution in [0.1, 0.15) is 11.5 Å². The summed E-state index contributed by atoms with van der Waals surface area (Å²) >= 11 is 1.21. The number of rotatable bonds is 7. The number of thioether (sulfide) groups is 1. The minimum Gasteiger partial charge on any atom is -0.493 e. The maximum Gasteiger partial charge on any atom is 0.277 e. The molecule has 7 heteroatoms. The van der Waals surface area contributed by atoms with Crippen LogP contribution in [0, 0.1) is 0 Å². The number of carbonyl (C=O) groups excluding carboxylic acids is 1. The highest BCUT2D eigenvalue weighted by Gasteiger charge is 2.10. The van der Waals surface area contributed by atoms with E-state index in [4.69, 9.17) is 13.9 Å². The lowest BCUT2D eigenvalue weighted by Crippen LogP contribution is -1.94. The zero-order valence-corrected chi connectivity index (χ0v) is 12.0. The molecule has 2 rings (SSSR count). The van der Waals surface area contributed by atoms with Crippen LogP contribution in [0.15, 0.2) is 27.8 Å². The Morgan fingerprint density at radius 2 is 2.05 bits per heavy atom. The standard InChI is InChI=1S/C13H14N2O4S/c1-17-10-4-3-9(7-11(10)18-2)8-12-14-15-13(19-12)20-6-5-16/h3-5,7H,6,8H2,1-2H3. The zero-order chi connectivity index (χ0) is 14.4. The van der Waals surface area contributed by atoms with Crippen molar-refractivity contribution in [3.8, 4) is 11.5 Å². The van der Waals surface area contributed by atoms with E-state index < -0.39 is 0 Å². The minimum absolute atomic E-state index is 0.304. The van der Waals surface area contributed by atoms with Gasteiger partial charge >= 0.3 is 0 Å². The highest BCUT2D eigenvalue weighted by molar-refractivity contribution is 7.99. The van der Waals surface area contributed by atoms with Crippen LogP contribution < -0.4 is 9.47 Å². The topological polar surface area (TPSA) is 74.5 Å². The van der Waals surface area contributed by atoms with Gasteiger partial charge in [-0.15, -0.1) is 10.2 Å². The summed E-state index contributed by atoms with van der Waals surface area (Å²) in [6, 6.07) is 5.59. The van der Waals surface area contributed by atoms with E-state index in [9.17, 15) is 4.79 Å². The molecule has 0 spiro atoms. The Bertz CT molecular complexity index is 586. The third-order valence-corrected chi connectivity index (χ3v) is 3.24. The largest absolute Gasteiger partial charge is 0.493 e. The molecule has 1 aromatic carbocycles. The molecule has 0 aliphatic heterocycles. The molecule has 0 N–H and O–H groups in total. The summed E-state index contributed by atoms with van der Waals surface area (Å²) in [4.78, 5) is 10.3. The van der Waals surface area contributed by atoms with Crippen LogP contribution in [0.25, 0.3) is 0 Å². The van der Waals surface area contributed by atoms with Crippen molar-refractivity contribution in [1.29, 1.82) is 0 Å². The maximum atomic E-state index is 10.3. The summed E-state index contributed by atoms with van der Waals surface area (Å²) in [5, 5.41) is 8.19. The summed E-state index contributed by atoms with van der Waals surface area (Å²) in [5.41, 5.74) is 0.971. The van der Waals surface area contributed by atoms with Crippen LogP contribution >= 0.6 is 11.8 Å². The second-order valence-electron chi connectivity index (χ2n) is 3.81. The number of methoxy groups -OCH3 is 2. The summed E-state index contributed by atoms with van der Waals surface area (Å²) in [6.45, 7) is 0. The van der Waals surface area contributed by atoms with Crippen molar-refractivity contribution in [3.05, 3.63) is 29.7 Å². The fraction of sp³-hybridized carbons (Fsp3) is 0.308. The first-order chi connectivity index (χ1) is 9.76. The van der Waals surface area contributed by atoms with Crippen molar-refractivity contribution >= 4 is 18.0 Å². The molecule has 0 atom stereocenters. The van der Waals surface area contributed by atoms with Gasteiger partial charge in [0.2, 0.25) is 5.89 Å². The van der Waals surface area contributed by atoms with Crippen LogP contribution in [0.5, 0.6) is 11.5 Å². The summed E-state index contributed by atoms with van der Waals surface area (Å²) in [7, 11) is 3.18. The fourth-order valence-electron chi connectivity index (χ4n) is 1.64. The molecule has 1 aromatic heterocycles. The van der Waals surface area contributed by atoms with E-state index in [1.54, 1.807) is 14.2 Å². The van der Waals surface area contributed by atoms with E-state index in [0.717, 1.165) is 11.8 Å². The van der Waals surface area contributed by atoms with E-state index in [-0.39, 0.29) is 0 Å². The van der Waals surface area contributed by atoms with Gasteiger partial charge in [-0.05, 0) is 17.7 Å². The molecule has 2 aromatic rings. The predicted molar refractivity (Wildman–Crippen MR) is 73.4 cm³/mol. The monoisotopic (exact) mass is 294 g/mol. The number of aldehydes is 1. The lowest BCUT2D eigenvalue weighted by atomic mass is 10.1. The van der Waals surface area contributed by atoms with Gasteiger partial charge in [-0.3, -0.25) is 0 Å². The van der Waals surface area contributed by atoms with Crippen LogP contribution in [-0.2, 0) is 11.2 Å². The van der Waals surface area contributed by atoms with E-state index in [1.807, 2.05) is 18.2 Å². The smallest absolute Gasteiger partial charge is 0.277 e. The second kappa shape index (κ2) is 6.95. The van der Waals surface area contributed by atoms with Crippen LogP contribution in [-0.4, -0.2) is 36.5 Å². The molecule has 0 aliphatic carbocycles. The van der Waals surface area contributed by atoms with Gasteiger partial charge in [0.05, 0.1) is 26.4 Å². The van der Waals surface area contributed by atoms with Gasteiger partial charge in [-0.1, -0.05) is 17.8 Å². The molecular formula is C13H14N2O4S. The Balaban J connectivity index is 2.09. The summed E-state index contributed by atoms with van der Waals surface area (Å²) in [5.74, 6) is 2.12. The predicted octanol–water partition coefficient (Wildman–Crippen LogP) is 1.97. The second-order valence-corrected chi connectivity index (χ2v) is 4.78. The SMILES string of the molecule is COc1ccc(Cc2nnc(SCC=O)o2)cc1OC. The maximum absolute atomic E-state index is 10.3. The molecule has 0 aliphatic rings. The van der Waals surface area contributed by atoms with Crippen molar-refractivity contribution < 1.29 is 18.7 Å². The number of hydrogen-bond donors (Lipinski definition) is 0. The highest BCUT2D eigenvalue weighted by Crippen LogP contribution is 2.28. The van der Waals surface area contributed by atoms with Crippen molar-refractivity contribution in [2.45, 2.75) is 11.6 Å². The average Bonchev–Trinajstić information content (AvgIpc) is 2.92. The molecule has 0 saturated carbocycles. The third-order valence-electron chi connectivity index (χ3n) is 2.53. The molecule has 106 valence electrons. The van der Waals surface area contributed by atoms with E-state index in [2.05, 4.69) is 10.2 Å². The Labute approximate surface area is 120 Å². The van der Waals surface area contributed by atoms with E-state index >= 15 is 0 Å². The zero-order valence-electron chi connectivity index (χ0n) is 11.2. The van der Waals surface area contributed by atoms with Gasteiger partial charge < -0.3 is 18.7 Å². The van der Waals surface area contributed by atoms with Gasteiger partial charge in [-0.2, -0.15) is 0 Å². The number of aromatic nitrogens is 2. The first-order valence-corrected chi connectivity index (χ1v) is 6.85.